The second-order valence-electron chi connectivity index (χ2n) is 9.63. The van der Waals surface area contributed by atoms with Gasteiger partial charge in [0.15, 0.2) is 5.60 Å². The average molecular weight is 473 g/mol. The van der Waals surface area contributed by atoms with Crippen molar-refractivity contribution < 1.29 is 14.7 Å². The molecule has 0 aromatic heterocycles. The zero-order valence-electron chi connectivity index (χ0n) is 18.2. The quantitative estimate of drug-likeness (QED) is 0.652. The molecule has 0 spiro atoms. The lowest BCUT2D eigenvalue weighted by Crippen LogP contribution is -2.61. The Morgan fingerprint density at radius 1 is 1.19 bits per heavy atom. The van der Waals surface area contributed by atoms with Crippen LogP contribution in [0, 0.1) is 12.8 Å². The summed E-state index contributed by atoms with van der Waals surface area (Å²) in [6.45, 7) is 4.62. The van der Waals surface area contributed by atoms with E-state index in [0.29, 0.717) is 41.9 Å². The fourth-order valence-corrected chi connectivity index (χ4v) is 4.87. The summed E-state index contributed by atoms with van der Waals surface area (Å²) in [6, 6.07) is 11.6. The Balaban J connectivity index is 1.25. The summed E-state index contributed by atoms with van der Waals surface area (Å²) in [5.41, 5.74) is 2.83. The topological polar surface area (TPSA) is 62.1 Å². The van der Waals surface area contributed by atoms with Crippen LogP contribution >= 0.6 is 23.2 Å². The first-order valence-electron chi connectivity index (χ1n) is 11.0. The van der Waals surface area contributed by atoms with E-state index in [1.54, 1.807) is 4.90 Å². The molecule has 3 aliphatic rings. The van der Waals surface area contributed by atoms with Crippen LogP contribution in [0.15, 0.2) is 41.6 Å². The van der Waals surface area contributed by atoms with Crippen LogP contribution in [0.25, 0.3) is 0 Å². The number of benzene rings is 2. The molecule has 5 rings (SSSR count). The maximum atomic E-state index is 12.2. The number of nitrogens with zero attached hydrogens (tertiary/aromatic N) is 2. The molecular formula is C25H26Cl2N2O3. The minimum atomic E-state index is -0.974. The van der Waals surface area contributed by atoms with Crippen molar-refractivity contribution in [3.05, 3.63) is 68.7 Å². The normalized spacial score (nSPS) is 24.0. The van der Waals surface area contributed by atoms with Gasteiger partial charge in [-0.15, -0.1) is 0 Å². The number of carbonyl (C=O) groups excluding carboxylic acids is 1. The van der Waals surface area contributed by atoms with E-state index in [-0.39, 0.29) is 5.91 Å². The van der Waals surface area contributed by atoms with Gasteiger partial charge >= 0.3 is 0 Å². The highest BCUT2D eigenvalue weighted by Crippen LogP contribution is 2.40. The summed E-state index contributed by atoms with van der Waals surface area (Å²) in [4.78, 5) is 19.8. The second kappa shape index (κ2) is 7.75. The van der Waals surface area contributed by atoms with E-state index in [0.717, 1.165) is 40.8 Å². The number of rotatable bonds is 5. The number of β-amino-alcohol motifs (C(OH)–C–C–N with tert-alkyl or cyclic N) is 1. The monoisotopic (exact) mass is 472 g/mol. The molecule has 5 nitrogen and oxygen atoms in total. The van der Waals surface area contributed by atoms with E-state index >= 15 is 0 Å². The van der Waals surface area contributed by atoms with Crippen LogP contribution in [-0.2, 0) is 20.8 Å². The van der Waals surface area contributed by atoms with Gasteiger partial charge < -0.3 is 14.8 Å². The first-order chi connectivity index (χ1) is 15.2. The number of aliphatic hydroxyl groups is 1. The van der Waals surface area contributed by atoms with Crippen LogP contribution in [-0.4, -0.2) is 34.7 Å². The second-order valence-corrected chi connectivity index (χ2v) is 10.4. The van der Waals surface area contributed by atoms with E-state index in [9.17, 15) is 9.90 Å². The molecule has 1 atom stereocenters. The van der Waals surface area contributed by atoms with Gasteiger partial charge in [-0.1, -0.05) is 58.7 Å². The summed E-state index contributed by atoms with van der Waals surface area (Å²) in [5.74, 6) is 0.714. The van der Waals surface area contributed by atoms with E-state index in [1.165, 1.54) is 0 Å². The molecule has 0 radical (unpaired) electrons. The van der Waals surface area contributed by atoms with E-state index in [2.05, 4.69) is 5.16 Å². The molecule has 2 aliphatic heterocycles. The molecule has 2 heterocycles. The highest BCUT2D eigenvalue weighted by molar-refractivity contribution is 6.42. The Bertz CT molecular complexity index is 1080. The summed E-state index contributed by atoms with van der Waals surface area (Å²) < 4.78 is 0. The Morgan fingerprint density at radius 2 is 1.88 bits per heavy atom. The SMILES string of the molecule is Cc1cc(C2(C)CC(c3ccc(C4(O)CN(C(=O)CC5CC5)C4)cc3)=NO2)cc(Cl)c1Cl. The predicted octanol–water partition coefficient (Wildman–Crippen LogP) is 5.17. The van der Waals surface area contributed by atoms with E-state index in [1.807, 2.05) is 50.2 Å². The van der Waals surface area contributed by atoms with Gasteiger partial charge in [0.05, 0.1) is 28.8 Å². The lowest BCUT2D eigenvalue weighted by molar-refractivity contribution is -0.157. The van der Waals surface area contributed by atoms with Gasteiger partial charge in [0.1, 0.15) is 5.60 Å². The zero-order valence-corrected chi connectivity index (χ0v) is 19.7. The molecule has 1 amide bonds. The lowest BCUT2D eigenvalue weighted by atomic mass is 9.84. The van der Waals surface area contributed by atoms with Crippen LogP contribution in [0.3, 0.4) is 0 Å². The standard InChI is InChI=1S/C25H26Cl2N2O3/c1-15-9-19(11-20(26)23(15)27)24(2)12-21(28-32-24)17-5-7-18(8-6-17)25(31)13-29(14-25)22(30)10-16-3-4-16/h5-9,11,16,31H,3-4,10,12-14H2,1-2H3. The maximum absolute atomic E-state index is 12.2. The van der Waals surface area contributed by atoms with Gasteiger partial charge in [-0.2, -0.15) is 0 Å². The number of hydrogen-bond donors (Lipinski definition) is 1. The minimum Gasteiger partial charge on any atom is -0.384 e. The third-order valence-corrected chi connectivity index (χ3v) is 7.75. The number of likely N-dealkylation sites (tertiary alicyclic amines) is 1. The molecule has 7 heteroatoms. The Labute approximate surface area is 198 Å². The predicted molar refractivity (Wildman–Crippen MR) is 125 cm³/mol. The molecule has 1 saturated carbocycles. The summed E-state index contributed by atoms with van der Waals surface area (Å²) in [6.07, 6.45) is 3.52. The van der Waals surface area contributed by atoms with Crippen molar-refractivity contribution in [3.63, 3.8) is 0 Å². The molecule has 0 bridgehead atoms. The van der Waals surface area contributed by atoms with Crippen molar-refractivity contribution in [1.82, 2.24) is 4.90 Å². The molecular weight excluding hydrogens is 447 g/mol. The molecule has 1 aliphatic carbocycles. The highest BCUT2D eigenvalue weighted by Gasteiger charge is 2.45. The smallest absolute Gasteiger partial charge is 0.223 e. The average Bonchev–Trinajstić information content (AvgIpc) is 3.47. The fourth-order valence-electron chi connectivity index (χ4n) is 4.50. The van der Waals surface area contributed by atoms with Gasteiger partial charge in [0, 0.05) is 18.4 Å². The number of carbonyl (C=O) groups is 1. The third-order valence-electron chi connectivity index (χ3n) is 6.86. The van der Waals surface area contributed by atoms with Gasteiger partial charge in [-0.25, -0.2) is 0 Å². The Hall–Kier alpha value is -2.08. The number of halogens is 2. The zero-order chi connectivity index (χ0) is 22.7. The number of oxime groups is 1. The molecule has 32 heavy (non-hydrogen) atoms. The number of aryl methyl sites for hydroxylation is 1. The van der Waals surface area contributed by atoms with Crippen LogP contribution in [0.2, 0.25) is 10.0 Å². The summed E-state index contributed by atoms with van der Waals surface area (Å²) in [5, 5.41) is 16.3. The van der Waals surface area contributed by atoms with Crippen molar-refractivity contribution in [1.29, 1.82) is 0 Å². The first kappa shape index (κ1) is 21.7. The summed E-state index contributed by atoms with van der Waals surface area (Å²) in [7, 11) is 0. The molecule has 1 saturated heterocycles. The van der Waals surface area contributed by atoms with Crippen molar-refractivity contribution in [2.45, 2.75) is 50.7 Å². The van der Waals surface area contributed by atoms with Gasteiger partial charge in [-0.3, -0.25) is 4.79 Å². The highest BCUT2D eigenvalue weighted by atomic mass is 35.5. The molecule has 1 N–H and O–H groups in total. The van der Waals surface area contributed by atoms with Crippen molar-refractivity contribution in [3.8, 4) is 0 Å². The van der Waals surface area contributed by atoms with Gasteiger partial charge in [0.2, 0.25) is 5.91 Å². The molecule has 2 fully saturated rings. The van der Waals surface area contributed by atoms with Crippen molar-refractivity contribution >= 4 is 34.8 Å². The van der Waals surface area contributed by atoms with Gasteiger partial charge in [0.25, 0.3) is 0 Å². The maximum Gasteiger partial charge on any atom is 0.223 e. The van der Waals surface area contributed by atoms with Crippen LogP contribution in [0.1, 0.15) is 54.9 Å². The molecule has 2 aromatic rings. The number of hydrogen-bond acceptors (Lipinski definition) is 4. The van der Waals surface area contributed by atoms with E-state index < -0.39 is 11.2 Å². The largest absolute Gasteiger partial charge is 0.384 e. The van der Waals surface area contributed by atoms with Crippen LogP contribution < -0.4 is 0 Å². The number of amides is 1. The molecule has 1 unspecified atom stereocenters. The van der Waals surface area contributed by atoms with E-state index in [4.69, 9.17) is 28.0 Å². The van der Waals surface area contributed by atoms with Gasteiger partial charge in [-0.05, 0) is 55.4 Å². The fraction of sp³-hybridized carbons (Fsp3) is 0.440. The lowest BCUT2D eigenvalue weighted by Gasteiger charge is -2.47. The van der Waals surface area contributed by atoms with Crippen molar-refractivity contribution in [2.75, 3.05) is 13.1 Å². The summed E-state index contributed by atoms with van der Waals surface area (Å²) >= 11 is 12.5. The first-order valence-corrected chi connectivity index (χ1v) is 11.7. The minimum absolute atomic E-state index is 0.156. The van der Waals surface area contributed by atoms with Crippen LogP contribution in [0.5, 0.6) is 0 Å². The molecule has 2 aromatic carbocycles. The molecule has 168 valence electrons. The van der Waals surface area contributed by atoms with Crippen LogP contribution in [0.4, 0.5) is 0 Å². The van der Waals surface area contributed by atoms with Crippen molar-refractivity contribution in [2.24, 2.45) is 11.1 Å². The Kier molecular flexibility index (Phi) is 5.27. The Morgan fingerprint density at radius 3 is 2.50 bits per heavy atom. The third kappa shape index (κ3) is 3.91.